The molecule has 0 aliphatic heterocycles. The molecule has 1 aromatic rings. The van der Waals surface area contributed by atoms with Crippen LogP contribution in [0, 0.1) is 23.7 Å². The van der Waals surface area contributed by atoms with Crippen molar-refractivity contribution < 1.29 is 14.3 Å². The molecule has 2 fully saturated rings. The molecular weight excluding hydrogens is 360 g/mol. The Bertz CT molecular complexity index is 734. The Morgan fingerprint density at radius 2 is 1.90 bits per heavy atom. The number of allylic oxidation sites excluding steroid dienone is 2. The Kier molecular flexibility index (Phi) is 6.97. The Morgan fingerprint density at radius 1 is 1.17 bits per heavy atom. The van der Waals surface area contributed by atoms with Crippen LogP contribution in [0.1, 0.15) is 71.8 Å². The van der Waals surface area contributed by atoms with Crippen LogP contribution in [0.3, 0.4) is 0 Å². The highest BCUT2D eigenvalue weighted by Crippen LogP contribution is 2.44. The van der Waals surface area contributed by atoms with E-state index in [4.69, 9.17) is 4.74 Å². The number of carbonyl (C=O) groups excluding carboxylic acids is 2. The van der Waals surface area contributed by atoms with Crippen LogP contribution in [0.15, 0.2) is 42.5 Å². The monoisotopic (exact) mass is 396 g/mol. The lowest BCUT2D eigenvalue weighted by atomic mass is 9.64. The summed E-state index contributed by atoms with van der Waals surface area (Å²) in [6.07, 6.45) is 9.21. The molecule has 158 valence electrons. The lowest BCUT2D eigenvalue weighted by Gasteiger charge is -2.44. The lowest BCUT2D eigenvalue weighted by molar-refractivity contribution is -0.163. The first kappa shape index (κ1) is 21.8. The molecule has 0 radical (unpaired) electrons. The van der Waals surface area contributed by atoms with Crippen LogP contribution < -0.4 is 0 Å². The Morgan fingerprint density at radius 3 is 2.59 bits per heavy atom. The van der Waals surface area contributed by atoms with E-state index in [9.17, 15) is 9.59 Å². The van der Waals surface area contributed by atoms with Crippen molar-refractivity contribution >= 4 is 11.8 Å². The molecule has 1 aromatic carbocycles. The summed E-state index contributed by atoms with van der Waals surface area (Å²) in [5, 5.41) is 0. The number of ether oxygens (including phenoxy) is 1. The van der Waals surface area contributed by atoms with Crippen LogP contribution >= 0.6 is 0 Å². The molecule has 0 heterocycles. The maximum atomic E-state index is 13.1. The highest BCUT2D eigenvalue weighted by Gasteiger charge is 2.45. The number of carbonyl (C=O) groups is 2. The van der Waals surface area contributed by atoms with E-state index in [2.05, 4.69) is 58.0 Å². The summed E-state index contributed by atoms with van der Waals surface area (Å²) in [7, 11) is 0. The summed E-state index contributed by atoms with van der Waals surface area (Å²) in [6.45, 7) is 8.83. The van der Waals surface area contributed by atoms with Gasteiger partial charge in [-0.25, -0.2) is 0 Å². The molecule has 5 atom stereocenters. The quantitative estimate of drug-likeness (QED) is 0.343. The molecule has 0 spiro atoms. The standard InChI is InChI=1S/C26H36O3/c1-5-6-10-19-14-16-22(27)24(19)25(28)29-23-17-18(2)13-15-21(23)26(3,4)20-11-8-7-9-12-20/h6-12,18-19,21,23-24H,5,13-17H2,1-4H3/b10-6+/t18-,19+,21-,23-,24-/m1/s1. The molecule has 3 rings (SSSR count). The summed E-state index contributed by atoms with van der Waals surface area (Å²) in [6, 6.07) is 10.5. The van der Waals surface area contributed by atoms with Crippen molar-refractivity contribution in [1.82, 2.24) is 0 Å². The van der Waals surface area contributed by atoms with Gasteiger partial charge in [-0.1, -0.05) is 76.6 Å². The molecular formula is C26H36O3. The van der Waals surface area contributed by atoms with Crippen LogP contribution in [-0.4, -0.2) is 17.9 Å². The molecule has 0 amide bonds. The van der Waals surface area contributed by atoms with Gasteiger partial charge in [0.2, 0.25) is 0 Å². The van der Waals surface area contributed by atoms with E-state index in [1.807, 2.05) is 12.1 Å². The Labute approximate surface area is 175 Å². The van der Waals surface area contributed by atoms with Gasteiger partial charge in [0.05, 0.1) is 0 Å². The van der Waals surface area contributed by atoms with Crippen LogP contribution in [0.2, 0.25) is 0 Å². The average Bonchev–Trinajstić information content (AvgIpc) is 3.07. The van der Waals surface area contributed by atoms with E-state index in [0.29, 0.717) is 12.3 Å². The van der Waals surface area contributed by atoms with Gasteiger partial charge in [-0.05, 0) is 48.5 Å². The predicted molar refractivity (Wildman–Crippen MR) is 117 cm³/mol. The fourth-order valence-corrected chi connectivity index (χ4v) is 5.28. The minimum absolute atomic E-state index is 0.00320. The van der Waals surface area contributed by atoms with Crippen molar-refractivity contribution in [2.24, 2.45) is 23.7 Å². The van der Waals surface area contributed by atoms with E-state index < -0.39 is 5.92 Å². The topological polar surface area (TPSA) is 43.4 Å². The van der Waals surface area contributed by atoms with Gasteiger partial charge >= 0.3 is 5.97 Å². The van der Waals surface area contributed by atoms with E-state index >= 15 is 0 Å². The lowest BCUT2D eigenvalue weighted by Crippen LogP contribution is -2.44. The number of hydrogen-bond donors (Lipinski definition) is 0. The number of esters is 1. The Hall–Kier alpha value is -1.90. The summed E-state index contributed by atoms with van der Waals surface area (Å²) < 4.78 is 6.15. The SMILES string of the molecule is CC/C=C/[C@H]1CCC(=O)[C@@H]1C(=O)O[C@@H]1C[C@H](C)CC[C@H]1C(C)(C)c1ccccc1. The highest BCUT2D eigenvalue weighted by atomic mass is 16.5. The third-order valence-electron chi connectivity index (χ3n) is 7.14. The third-order valence-corrected chi connectivity index (χ3v) is 7.14. The predicted octanol–water partition coefficient (Wildman–Crippen LogP) is 5.87. The number of hydrogen-bond acceptors (Lipinski definition) is 3. The molecule has 0 bridgehead atoms. The largest absolute Gasteiger partial charge is 0.461 e. The summed E-state index contributed by atoms with van der Waals surface area (Å²) in [4.78, 5) is 25.6. The summed E-state index contributed by atoms with van der Waals surface area (Å²) in [5.74, 6) is -0.0846. The van der Waals surface area contributed by atoms with Gasteiger partial charge < -0.3 is 4.74 Å². The number of benzene rings is 1. The van der Waals surface area contributed by atoms with Gasteiger partial charge in [-0.2, -0.15) is 0 Å². The summed E-state index contributed by atoms with van der Waals surface area (Å²) in [5.41, 5.74) is 1.19. The van der Waals surface area contributed by atoms with Crippen molar-refractivity contribution in [2.45, 2.75) is 77.7 Å². The zero-order valence-corrected chi connectivity index (χ0v) is 18.4. The van der Waals surface area contributed by atoms with Crippen molar-refractivity contribution in [3.8, 4) is 0 Å². The van der Waals surface area contributed by atoms with Gasteiger partial charge in [0, 0.05) is 12.3 Å². The molecule has 2 aliphatic carbocycles. The molecule has 3 heteroatoms. The minimum Gasteiger partial charge on any atom is -0.461 e. The summed E-state index contributed by atoms with van der Waals surface area (Å²) >= 11 is 0. The molecule has 0 saturated heterocycles. The maximum Gasteiger partial charge on any atom is 0.317 e. The van der Waals surface area contributed by atoms with Crippen molar-refractivity contribution in [3.63, 3.8) is 0 Å². The van der Waals surface area contributed by atoms with E-state index in [1.54, 1.807) is 0 Å². The van der Waals surface area contributed by atoms with Crippen LogP contribution in [-0.2, 0) is 19.7 Å². The molecule has 0 N–H and O–H groups in total. The van der Waals surface area contributed by atoms with Gasteiger partial charge in [0.1, 0.15) is 17.8 Å². The first-order valence-corrected chi connectivity index (χ1v) is 11.3. The maximum absolute atomic E-state index is 13.1. The minimum atomic E-state index is -0.615. The van der Waals surface area contributed by atoms with Gasteiger partial charge in [0.25, 0.3) is 0 Å². The average molecular weight is 397 g/mol. The third kappa shape index (κ3) is 4.82. The smallest absolute Gasteiger partial charge is 0.317 e. The van der Waals surface area contributed by atoms with Gasteiger partial charge in [0.15, 0.2) is 0 Å². The number of rotatable bonds is 6. The highest BCUT2D eigenvalue weighted by molar-refractivity contribution is 6.01. The zero-order chi connectivity index (χ0) is 21.0. The Balaban J connectivity index is 1.80. The molecule has 3 nitrogen and oxygen atoms in total. The van der Waals surface area contributed by atoms with E-state index in [-0.39, 0.29) is 35.1 Å². The molecule has 2 saturated carbocycles. The van der Waals surface area contributed by atoms with E-state index in [1.165, 1.54) is 5.56 Å². The number of ketones is 1. The second kappa shape index (κ2) is 9.28. The fourth-order valence-electron chi connectivity index (χ4n) is 5.28. The van der Waals surface area contributed by atoms with Gasteiger partial charge in [-0.3, -0.25) is 9.59 Å². The van der Waals surface area contributed by atoms with Crippen molar-refractivity contribution in [3.05, 3.63) is 48.0 Å². The molecule has 2 aliphatic rings. The van der Waals surface area contributed by atoms with Crippen LogP contribution in [0.4, 0.5) is 0 Å². The fraction of sp³-hybridized carbons (Fsp3) is 0.615. The number of Topliss-reactive ketones (excluding diaryl/α,β-unsaturated/α-hetero) is 1. The van der Waals surface area contributed by atoms with Crippen molar-refractivity contribution in [1.29, 1.82) is 0 Å². The van der Waals surface area contributed by atoms with Gasteiger partial charge in [-0.15, -0.1) is 0 Å². The van der Waals surface area contributed by atoms with Crippen LogP contribution in [0.25, 0.3) is 0 Å². The first-order chi connectivity index (χ1) is 13.8. The van der Waals surface area contributed by atoms with Crippen molar-refractivity contribution in [2.75, 3.05) is 0 Å². The zero-order valence-electron chi connectivity index (χ0n) is 18.4. The second-order valence-electron chi connectivity index (χ2n) is 9.57. The second-order valence-corrected chi connectivity index (χ2v) is 9.57. The first-order valence-electron chi connectivity index (χ1n) is 11.3. The molecule has 0 aromatic heterocycles. The normalized spacial score (nSPS) is 30.6. The molecule has 29 heavy (non-hydrogen) atoms. The molecule has 0 unspecified atom stereocenters. The van der Waals surface area contributed by atoms with Crippen LogP contribution in [0.5, 0.6) is 0 Å². The van der Waals surface area contributed by atoms with E-state index in [0.717, 1.165) is 32.1 Å².